The molecule has 0 saturated heterocycles. The summed E-state index contributed by atoms with van der Waals surface area (Å²) in [5.41, 5.74) is 5.68. The second kappa shape index (κ2) is 6.21. The van der Waals surface area contributed by atoms with Crippen LogP contribution in [0.15, 0.2) is 32.9 Å². The van der Waals surface area contributed by atoms with E-state index < -0.39 is 10.0 Å². The summed E-state index contributed by atoms with van der Waals surface area (Å²) < 4.78 is 27.8. The lowest BCUT2D eigenvalue weighted by Gasteiger charge is -2.10. The first-order valence-electron chi connectivity index (χ1n) is 5.27. The predicted octanol–water partition coefficient (Wildman–Crippen LogP) is 3.88. The molecule has 108 valence electrons. The molecule has 2 aromatic rings. The molecule has 0 saturated carbocycles. The van der Waals surface area contributed by atoms with Crippen molar-refractivity contribution in [3.8, 4) is 0 Å². The Morgan fingerprint density at radius 3 is 2.65 bits per heavy atom. The van der Waals surface area contributed by atoms with Gasteiger partial charge in [0.15, 0.2) is 0 Å². The Morgan fingerprint density at radius 1 is 1.35 bits per heavy atom. The number of rotatable bonds is 4. The van der Waals surface area contributed by atoms with E-state index >= 15 is 0 Å². The topological polar surface area (TPSA) is 72.2 Å². The molecule has 2 rings (SSSR count). The van der Waals surface area contributed by atoms with Crippen LogP contribution in [0.1, 0.15) is 4.88 Å². The van der Waals surface area contributed by atoms with Crippen molar-refractivity contribution in [1.82, 2.24) is 4.72 Å². The zero-order chi connectivity index (χ0) is 14.9. The quantitative estimate of drug-likeness (QED) is 0.744. The SMILES string of the molecule is Nc1c(Cl)ccc(S(=O)(=O)NCc2cc(Br)cs2)c1Cl. The second-order valence-electron chi connectivity index (χ2n) is 3.83. The van der Waals surface area contributed by atoms with Gasteiger partial charge in [-0.15, -0.1) is 11.3 Å². The van der Waals surface area contributed by atoms with E-state index in [4.69, 9.17) is 28.9 Å². The highest BCUT2D eigenvalue weighted by atomic mass is 79.9. The van der Waals surface area contributed by atoms with Crippen LogP contribution >= 0.6 is 50.5 Å². The highest BCUT2D eigenvalue weighted by Crippen LogP contribution is 2.33. The van der Waals surface area contributed by atoms with Crippen LogP contribution in [-0.4, -0.2) is 8.42 Å². The van der Waals surface area contributed by atoms with Gasteiger partial charge in [-0.3, -0.25) is 0 Å². The van der Waals surface area contributed by atoms with Gasteiger partial charge in [0.25, 0.3) is 0 Å². The van der Waals surface area contributed by atoms with Crippen LogP contribution in [-0.2, 0) is 16.6 Å². The first-order valence-corrected chi connectivity index (χ1v) is 9.18. The van der Waals surface area contributed by atoms with Gasteiger partial charge in [0.05, 0.1) is 15.7 Å². The smallest absolute Gasteiger partial charge is 0.242 e. The number of thiophene rings is 1. The van der Waals surface area contributed by atoms with Crippen molar-refractivity contribution in [2.24, 2.45) is 0 Å². The van der Waals surface area contributed by atoms with Gasteiger partial charge in [-0.25, -0.2) is 13.1 Å². The third kappa shape index (κ3) is 3.47. The molecule has 0 bridgehead atoms. The summed E-state index contributed by atoms with van der Waals surface area (Å²) in [7, 11) is -3.75. The summed E-state index contributed by atoms with van der Waals surface area (Å²) >= 11 is 16.5. The molecule has 20 heavy (non-hydrogen) atoms. The average molecular weight is 416 g/mol. The molecule has 0 unspecified atom stereocenters. The number of hydrogen-bond donors (Lipinski definition) is 2. The normalized spacial score (nSPS) is 11.8. The molecule has 1 aromatic heterocycles. The molecule has 0 fully saturated rings. The summed E-state index contributed by atoms with van der Waals surface area (Å²) in [5.74, 6) is 0. The Labute approximate surface area is 139 Å². The van der Waals surface area contributed by atoms with Crippen LogP contribution in [0.25, 0.3) is 0 Å². The first kappa shape index (κ1) is 16.1. The van der Waals surface area contributed by atoms with Gasteiger partial charge in [-0.1, -0.05) is 23.2 Å². The Kier molecular flexibility index (Phi) is 4.99. The van der Waals surface area contributed by atoms with Crippen molar-refractivity contribution < 1.29 is 8.42 Å². The predicted molar refractivity (Wildman–Crippen MR) is 86.9 cm³/mol. The summed E-state index contributed by atoms with van der Waals surface area (Å²) in [6.45, 7) is 0.178. The summed E-state index contributed by atoms with van der Waals surface area (Å²) in [6, 6.07) is 4.57. The van der Waals surface area contributed by atoms with Gasteiger partial charge >= 0.3 is 0 Å². The molecule has 9 heteroatoms. The van der Waals surface area contributed by atoms with E-state index in [2.05, 4.69) is 20.7 Å². The minimum Gasteiger partial charge on any atom is -0.396 e. The Bertz CT molecular complexity index is 747. The monoisotopic (exact) mass is 414 g/mol. The fraction of sp³-hybridized carbons (Fsp3) is 0.0909. The second-order valence-corrected chi connectivity index (χ2v) is 8.26. The molecule has 0 radical (unpaired) electrons. The van der Waals surface area contributed by atoms with Crippen molar-refractivity contribution in [1.29, 1.82) is 0 Å². The molecule has 0 spiro atoms. The molecule has 0 atom stereocenters. The molecule has 1 aromatic carbocycles. The van der Waals surface area contributed by atoms with Gasteiger partial charge in [0.2, 0.25) is 10.0 Å². The lowest BCUT2D eigenvalue weighted by atomic mass is 10.3. The van der Waals surface area contributed by atoms with Crippen molar-refractivity contribution in [2.75, 3.05) is 5.73 Å². The van der Waals surface area contributed by atoms with E-state index in [1.165, 1.54) is 23.5 Å². The number of sulfonamides is 1. The van der Waals surface area contributed by atoms with Crippen LogP contribution in [0.3, 0.4) is 0 Å². The highest BCUT2D eigenvalue weighted by Gasteiger charge is 2.20. The first-order chi connectivity index (χ1) is 9.31. The number of nitrogen functional groups attached to an aromatic ring is 1. The van der Waals surface area contributed by atoms with Crippen LogP contribution < -0.4 is 10.5 Å². The maximum Gasteiger partial charge on any atom is 0.242 e. The molecular weight excluding hydrogens is 407 g/mol. The number of halogens is 3. The van der Waals surface area contributed by atoms with Gasteiger partial charge in [-0.2, -0.15) is 0 Å². The number of hydrogen-bond acceptors (Lipinski definition) is 4. The average Bonchev–Trinajstić information content (AvgIpc) is 2.79. The van der Waals surface area contributed by atoms with E-state index in [0.717, 1.165) is 9.35 Å². The van der Waals surface area contributed by atoms with Crippen LogP contribution in [0, 0.1) is 0 Å². The molecule has 0 aliphatic carbocycles. The molecule has 0 amide bonds. The van der Waals surface area contributed by atoms with Crippen LogP contribution in [0.2, 0.25) is 10.0 Å². The summed E-state index contributed by atoms with van der Waals surface area (Å²) in [6.07, 6.45) is 0. The third-order valence-electron chi connectivity index (χ3n) is 2.44. The van der Waals surface area contributed by atoms with Crippen molar-refractivity contribution >= 4 is 66.2 Å². The highest BCUT2D eigenvalue weighted by molar-refractivity contribution is 9.10. The van der Waals surface area contributed by atoms with E-state index in [-0.39, 0.29) is 27.2 Å². The Morgan fingerprint density at radius 2 is 2.05 bits per heavy atom. The molecule has 0 aliphatic heterocycles. The number of nitrogens with two attached hydrogens (primary N) is 1. The van der Waals surface area contributed by atoms with Gasteiger partial charge < -0.3 is 5.73 Å². The Balaban J connectivity index is 2.25. The van der Waals surface area contributed by atoms with Gasteiger partial charge in [-0.05, 0) is 34.1 Å². The molecular formula is C11H9BrCl2N2O2S2. The zero-order valence-electron chi connectivity index (χ0n) is 9.86. The lowest BCUT2D eigenvalue weighted by molar-refractivity contribution is 0.582. The fourth-order valence-electron chi connectivity index (χ4n) is 1.45. The number of benzene rings is 1. The summed E-state index contributed by atoms with van der Waals surface area (Å²) in [5, 5.41) is 2.02. The van der Waals surface area contributed by atoms with E-state index in [1.807, 2.05) is 11.4 Å². The third-order valence-corrected chi connectivity index (χ3v) is 6.43. The molecule has 0 aliphatic rings. The maximum absolute atomic E-state index is 12.2. The largest absolute Gasteiger partial charge is 0.396 e. The van der Waals surface area contributed by atoms with Gasteiger partial charge in [0.1, 0.15) is 4.90 Å². The van der Waals surface area contributed by atoms with Crippen molar-refractivity contribution in [3.05, 3.63) is 43.0 Å². The lowest BCUT2D eigenvalue weighted by Crippen LogP contribution is -2.23. The minimum atomic E-state index is -3.75. The summed E-state index contributed by atoms with van der Waals surface area (Å²) in [4.78, 5) is 0.787. The molecule has 3 N–H and O–H groups in total. The van der Waals surface area contributed by atoms with Crippen LogP contribution in [0.4, 0.5) is 5.69 Å². The Hall–Kier alpha value is -0.310. The minimum absolute atomic E-state index is 0.0510. The van der Waals surface area contributed by atoms with E-state index in [0.29, 0.717) is 0 Å². The van der Waals surface area contributed by atoms with Crippen molar-refractivity contribution in [2.45, 2.75) is 11.4 Å². The molecule has 1 heterocycles. The van der Waals surface area contributed by atoms with Gasteiger partial charge in [0, 0.05) is 21.3 Å². The molecule has 4 nitrogen and oxygen atoms in total. The number of anilines is 1. The fourth-order valence-corrected chi connectivity index (χ4v) is 4.70. The number of nitrogens with one attached hydrogen (secondary N) is 1. The van der Waals surface area contributed by atoms with E-state index in [1.54, 1.807) is 0 Å². The van der Waals surface area contributed by atoms with E-state index in [9.17, 15) is 8.42 Å². The standard InChI is InChI=1S/C11H9BrCl2N2O2S2/c12-6-3-7(19-5-6)4-16-20(17,18)9-2-1-8(13)11(15)10(9)14/h1-3,5,16H,4,15H2. The zero-order valence-corrected chi connectivity index (χ0v) is 14.6. The maximum atomic E-state index is 12.2. The van der Waals surface area contributed by atoms with Crippen molar-refractivity contribution in [3.63, 3.8) is 0 Å². The van der Waals surface area contributed by atoms with Crippen LogP contribution in [0.5, 0.6) is 0 Å².